The molecule has 0 amide bonds. The van der Waals surface area contributed by atoms with E-state index in [1.807, 2.05) is 20.8 Å². The molecule has 0 radical (unpaired) electrons. The van der Waals surface area contributed by atoms with Crippen LogP contribution >= 0.6 is 0 Å². The molecule has 120 valence electrons. The van der Waals surface area contributed by atoms with Crippen LogP contribution in [-0.4, -0.2) is 29.2 Å². The van der Waals surface area contributed by atoms with Crippen LogP contribution in [0.25, 0.3) is 0 Å². The Morgan fingerprint density at radius 3 is 2.24 bits per heavy atom. The van der Waals surface area contributed by atoms with Gasteiger partial charge >= 0.3 is 0 Å². The molecule has 0 aromatic heterocycles. The minimum Gasteiger partial charge on any atom is -0.493 e. The second-order valence-electron chi connectivity index (χ2n) is 5.91. The van der Waals surface area contributed by atoms with Crippen molar-refractivity contribution in [2.75, 3.05) is 20.8 Å². The lowest BCUT2D eigenvalue weighted by atomic mass is 9.98. The highest BCUT2D eigenvalue weighted by atomic mass is 32.2. The molecule has 1 aromatic carbocycles. The van der Waals surface area contributed by atoms with Crippen molar-refractivity contribution in [3.63, 3.8) is 0 Å². The van der Waals surface area contributed by atoms with Gasteiger partial charge in [-0.25, -0.2) is 13.1 Å². The van der Waals surface area contributed by atoms with Crippen molar-refractivity contribution in [2.45, 2.75) is 32.2 Å². The molecule has 21 heavy (non-hydrogen) atoms. The Morgan fingerprint density at radius 1 is 1.19 bits per heavy atom. The van der Waals surface area contributed by atoms with Crippen molar-refractivity contribution in [1.29, 1.82) is 0 Å². The number of rotatable bonds is 6. The molecule has 0 saturated heterocycles. The summed E-state index contributed by atoms with van der Waals surface area (Å²) in [4.78, 5) is 0.116. The zero-order chi connectivity index (χ0) is 16.3. The van der Waals surface area contributed by atoms with Gasteiger partial charge in [0.25, 0.3) is 0 Å². The highest BCUT2D eigenvalue weighted by Crippen LogP contribution is 2.34. The zero-order valence-corrected chi connectivity index (χ0v) is 14.0. The molecule has 0 spiro atoms. The number of nitrogens with two attached hydrogens (primary N) is 1. The number of nitrogens with one attached hydrogen (secondary N) is 1. The molecule has 0 bridgehead atoms. The third kappa shape index (κ3) is 4.59. The number of ether oxygens (including phenoxy) is 2. The van der Waals surface area contributed by atoms with Crippen LogP contribution in [0, 0.1) is 5.41 Å². The first-order valence-electron chi connectivity index (χ1n) is 6.59. The van der Waals surface area contributed by atoms with Gasteiger partial charge in [-0.05, 0) is 11.5 Å². The molecule has 0 saturated carbocycles. The van der Waals surface area contributed by atoms with E-state index in [0.717, 1.165) is 0 Å². The average molecular weight is 316 g/mol. The van der Waals surface area contributed by atoms with Crippen molar-refractivity contribution in [2.24, 2.45) is 11.1 Å². The van der Waals surface area contributed by atoms with Crippen LogP contribution in [0.3, 0.4) is 0 Å². The molecule has 0 aliphatic rings. The van der Waals surface area contributed by atoms with Gasteiger partial charge in [-0.1, -0.05) is 20.8 Å². The molecule has 0 aliphatic heterocycles. The van der Waals surface area contributed by atoms with Gasteiger partial charge in [-0.15, -0.1) is 0 Å². The molecule has 0 heterocycles. The monoisotopic (exact) mass is 316 g/mol. The van der Waals surface area contributed by atoms with Gasteiger partial charge < -0.3 is 15.2 Å². The second-order valence-corrected chi connectivity index (χ2v) is 7.67. The Labute approximate surface area is 126 Å². The second kappa shape index (κ2) is 6.64. The summed E-state index contributed by atoms with van der Waals surface area (Å²) < 4.78 is 37.7. The lowest BCUT2D eigenvalue weighted by Gasteiger charge is -2.19. The summed E-state index contributed by atoms with van der Waals surface area (Å²) in [6.45, 7) is 6.35. The van der Waals surface area contributed by atoms with E-state index in [0.29, 0.717) is 23.6 Å². The first kappa shape index (κ1) is 17.7. The zero-order valence-electron chi connectivity index (χ0n) is 13.2. The summed E-state index contributed by atoms with van der Waals surface area (Å²) in [5.74, 6) is 0.798. The van der Waals surface area contributed by atoms with Crippen LogP contribution in [-0.2, 0) is 16.6 Å². The number of hydrogen-bond donors (Lipinski definition) is 2. The van der Waals surface area contributed by atoms with Gasteiger partial charge in [-0.2, -0.15) is 0 Å². The van der Waals surface area contributed by atoms with Crippen molar-refractivity contribution >= 4 is 10.0 Å². The topological polar surface area (TPSA) is 90.7 Å². The number of methoxy groups -OCH3 is 2. The Kier molecular flexibility index (Phi) is 5.61. The predicted molar refractivity (Wildman–Crippen MR) is 82.1 cm³/mol. The Morgan fingerprint density at radius 2 is 1.81 bits per heavy atom. The predicted octanol–water partition coefficient (Wildman–Crippen LogP) is 1.49. The van der Waals surface area contributed by atoms with Crippen LogP contribution in [0.4, 0.5) is 0 Å². The molecule has 6 nitrogen and oxygen atoms in total. The lowest BCUT2D eigenvalue weighted by molar-refractivity contribution is 0.350. The van der Waals surface area contributed by atoms with E-state index in [1.165, 1.54) is 26.4 Å². The van der Waals surface area contributed by atoms with E-state index >= 15 is 0 Å². The summed E-state index contributed by atoms with van der Waals surface area (Å²) in [5.41, 5.74) is 6.08. The van der Waals surface area contributed by atoms with E-state index < -0.39 is 10.0 Å². The minimum absolute atomic E-state index is 0.116. The summed E-state index contributed by atoms with van der Waals surface area (Å²) in [6.07, 6.45) is 0. The summed E-state index contributed by atoms with van der Waals surface area (Å²) in [7, 11) is -0.680. The molecule has 1 rings (SSSR count). The maximum Gasteiger partial charge on any atom is 0.240 e. The fraction of sp³-hybridized carbons (Fsp3) is 0.571. The average Bonchev–Trinajstić information content (AvgIpc) is 2.42. The van der Waals surface area contributed by atoms with Gasteiger partial charge in [0.1, 0.15) is 0 Å². The van der Waals surface area contributed by atoms with E-state index in [4.69, 9.17) is 15.2 Å². The highest BCUT2D eigenvalue weighted by Gasteiger charge is 2.22. The van der Waals surface area contributed by atoms with Crippen molar-refractivity contribution in [1.82, 2.24) is 4.72 Å². The normalized spacial score (nSPS) is 12.3. The maximum atomic E-state index is 12.4. The van der Waals surface area contributed by atoms with Crippen LogP contribution in [0.15, 0.2) is 17.0 Å². The van der Waals surface area contributed by atoms with E-state index in [9.17, 15) is 8.42 Å². The lowest BCUT2D eigenvalue weighted by Crippen LogP contribution is -2.32. The number of sulfonamides is 1. The van der Waals surface area contributed by atoms with Gasteiger partial charge in [0, 0.05) is 24.7 Å². The Hall–Kier alpha value is -1.31. The van der Waals surface area contributed by atoms with Crippen LogP contribution in [0.1, 0.15) is 26.3 Å². The largest absolute Gasteiger partial charge is 0.493 e. The summed E-state index contributed by atoms with van der Waals surface area (Å²) in [6, 6.07) is 2.94. The quantitative estimate of drug-likeness (QED) is 0.829. The van der Waals surface area contributed by atoms with Gasteiger partial charge in [0.15, 0.2) is 11.5 Å². The molecule has 1 aromatic rings. The Balaban J connectivity index is 3.24. The highest BCUT2D eigenvalue weighted by molar-refractivity contribution is 7.89. The molecule has 0 unspecified atom stereocenters. The van der Waals surface area contributed by atoms with Crippen molar-refractivity contribution < 1.29 is 17.9 Å². The SMILES string of the molecule is COc1cc(S(=O)(=O)NCC(C)(C)C)cc(CN)c1OC. The third-order valence-corrected chi connectivity index (χ3v) is 4.23. The molecule has 3 N–H and O–H groups in total. The van der Waals surface area contributed by atoms with Crippen LogP contribution in [0.5, 0.6) is 11.5 Å². The molecule has 0 fully saturated rings. The first-order valence-corrected chi connectivity index (χ1v) is 8.07. The fourth-order valence-electron chi connectivity index (χ4n) is 1.72. The number of benzene rings is 1. The molecule has 0 aliphatic carbocycles. The van der Waals surface area contributed by atoms with Gasteiger partial charge in [-0.3, -0.25) is 0 Å². The van der Waals surface area contributed by atoms with E-state index in [1.54, 1.807) is 0 Å². The standard InChI is InChI=1S/C14H24N2O4S/c1-14(2,3)9-16-21(17,18)11-6-10(8-15)13(20-5)12(7-11)19-4/h6-7,16H,8-9,15H2,1-5H3. The number of hydrogen-bond acceptors (Lipinski definition) is 5. The molecule has 7 heteroatoms. The Bertz CT molecular complexity index is 566. The van der Waals surface area contributed by atoms with Crippen molar-refractivity contribution in [3.05, 3.63) is 17.7 Å². The van der Waals surface area contributed by atoms with Crippen molar-refractivity contribution in [3.8, 4) is 11.5 Å². The van der Waals surface area contributed by atoms with Crippen LogP contribution in [0.2, 0.25) is 0 Å². The van der Waals surface area contributed by atoms with Gasteiger partial charge in [0.2, 0.25) is 10.0 Å². The summed E-state index contributed by atoms with van der Waals surface area (Å²) in [5, 5.41) is 0. The summed E-state index contributed by atoms with van der Waals surface area (Å²) >= 11 is 0. The smallest absolute Gasteiger partial charge is 0.240 e. The molecular weight excluding hydrogens is 292 g/mol. The van der Waals surface area contributed by atoms with Gasteiger partial charge in [0.05, 0.1) is 19.1 Å². The van der Waals surface area contributed by atoms with Crippen LogP contribution < -0.4 is 19.9 Å². The molecular formula is C14H24N2O4S. The van der Waals surface area contributed by atoms with E-state index in [-0.39, 0.29) is 16.9 Å². The van der Waals surface area contributed by atoms with E-state index in [2.05, 4.69) is 4.72 Å². The maximum absolute atomic E-state index is 12.4. The third-order valence-electron chi connectivity index (χ3n) is 2.85. The first-order chi connectivity index (χ1) is 9.64. The fourth-order valence-corrected chi connectivity index (χ4v) is 3.07. The molecule has 0 atom stereocenters. The minimum atomic E-state index is -3.62.